The van der Waals surface area contributed by atoms with Crippen molar-refractivity contribution in [1.82, 2.24) is 9.78 Å². The number of aromatic nitrogens is 2. The quantitative estimate of drug-likeness (QED) is 0.771. The average molecular weight is 223 g/mol. The van der Waals surface area contributed by atoms with Crippen molar-refractivity contribution in [3.05, 3.63) is 17.0 Å². The Morgan fingerprint density at radius 3 is 2.44 bits per heavy atom. The maximum Gasteiger partial charge on any atom is 0.0657 e. The van der Waals surface area contributed by atoms with Crippen molar-refractivity contribution in [2.24, 2.45) is 5.73 Å². The Morgan fingerprint density at radius 2 is 1.94 bits per heavy atom. The van der Waals surface area contributed by atoms with E-state index in [9.17, 15) is 0 Å². The third kappa shape index (κ3) is 2.85. The number of unbranched alkanes of at least 4 members (excludes halogenated alkanes) is 1. The van der Waals surface area contributed by atoms with E-state index in [0.717, 1.165) is 32.4 Å². The molecule has 1 rings (SSSR count). The average Bonchev–Trinajstić information content (AvgIpc) is 2.64. The van der Waals surface area contributed by atoms with Crippen molar-refractivity contribution >= 4 is 0 Å². The number of hydrogen-bond acceptors (Lipinski definition) is 2. The lowest BCUT2D eigenvalue weighted by Crippen LogP contribution is -2.08. The third-order valence-electron chi connectivity index (χ3n) is 3.04. The van der Waals surface area contributed by atoms with Gasteiger partial charge in [-0.3, -0.25) is 4.68 Å². The zero-order chi connectivity index (χ0) is 12.0. The summed E-state index contributed by atoms with van der Waals surface area (Å²) < 4.78 is 2.20. The summed E-state index contributed by atoms with van der Waals surface area (Å²) in [6.45, 7) is 8.37. The van der Waals surface area contributed by atoms with Gasteiger partial charge in [0.1, 0.15) is 0 Å². The molecule has 1 aromatic heterocycles. The van der Waals surface area contributed by atoms with Crippen LogP contribution < -0.4 is 5.73 Å². The van der Waals surface area contributed by atoms with Crippen molar-refractivity contribution in [1.29, 1.82) is 0 Å². The second-order valence-electron chi connectivity index (χ2n) is 4.19. The van der Waals surface area contributed by atoms with Gasteiger partial charge in [-0.05, 0) is 37.8 Å². The molecule has 1 heterocycles. The Labute approximate surface area is 99.0 Å². The van der Waals surface area contributed by atoms with E-state index >= 15 is 0 Å². The SMILES string of the molecule is CCCCn1nc(CC)c(CCN)c1CC. The molecule has 0 fully saturated rings. The minimum absolute atomic E-state index is 0.722. The molecule has 0 aliphatic carbocycles. The summed E-state index contributed by atoms with van der Waals surface area (Å²) in [5.41, 5.74) is 9.73. The van der Waals surface area contributed by atoms with Crippen LogP contribution in [0.5, 0.6) is 0 Å². The van der Waals surface area contributed by atoms with E-state index in [-0.39, 0.29) is 0 Å². The first-order valence-electron chi connectivity index (χ1n) is 6.55. The summed E-state index contributed by atoms with van der Waals surface area (Å²) in [7, 11) is 0. The first-order valence-corrected chi connectivity index (χ1v) is 6.55. The number of rotatable bonds is 7. The van der Waals surface area contributed by atoms with E-state index in [4.69, 9.17) is 10.8 Å². The largest absolute Gasteiger partial charge is 0.330 e. The van der Waals surface area contributed by atoms with Crippen molar-refractivity contribution in [2.45, 2.75) is 59.4 Å². The highest BCUT2D eigenvalue weighted by atomic mass is 15.3. The molecular weight excluding hydrogens is 198 g/mol. The van der Waals surface area contributed by atoms with Crippen molar-refractivity contribution in [3.63, 3.8) is 0 Å². The van der Waals surface area contributed by atoms with Gasteiger partial charge in [-0.25, -0.2) is 0 Å². The van der Waals surface area contributed by atoms with Gasteiger partial charge in [0.05, 0.1) is 5.69 Å². The van der Waals surface area contributed by atoms with Crippen LogP contribution in [0, 0.1) is 0 Å². The van der Waals surface area contributed by atoms with Crippen molar-refractivity contribution < 1.29 is 0 Å². The van der Waals surface area contributed by atoms with Gasteiger partial charge in [0.25, 0.3) is 0 Å². The number of aryl methyl sites for hydroxylation is 2. The van der Waals surface area contributed by atoms with Crippen LogP contribution >= 0.6 is 0 Å². The fourth-order valence-corrected chi connectivity index (χ4v) is 2.19. The van der Waals surface area contributed by atoms with Gasteiger partial charge in [-0.2, -0.15) is 5.10 Å². The maximum atomic E-state index is 5.68. The standard InChI is InChI=1S/C13H25N3/c1-4-7-10-16-13(6-3)11(8-9-14)12(5-2)15-16/h4-10,14H2,1-3H3. The molecule has 0 aliphatic heterocycles. The first-order chi connectivity index (χ1) is 7.78. The monoisotopic (exact) mass is 223 g/mol. The fourth-order valence-electron chi connectivity index (χ4n) is 2.19. The van der Waals surface area contributed by atoms with Gasteiger partial charge in [0.15, 0.2) is 0 Å². The zero-order valence-electron chi connectivity index (χ0n) is 10.9. The van der Waals surface area contributed by atoms with Crippen molar-refractivity contribution in [3.8, 4) is 0 Å². The highest BCUT2D eigenvalue weighted by Gasteiger charge is 2.13. The summed E-state index contributed by atoms with van der Waals surface area (Å²) in [6, 6.07) is 0. The second kappa shape index (κ2) is 6.69. The molecule has 3 heteroatoms. The molecule has 92 valence electrons. The lowest BCUT2D eigenvalue weighted by Gasteiger charge is -2.06. The molecule has 0 saturated heterocycles. The zero-order valence-corrected chi connectivity index (χ0v) is 10.9. The van der Waals surface area contributed by atoms with E-state index in [2.05, 4.69) is 25.5 Å². The van der Waals surface area contributed by atoms with Crippen LogP contribution in [0.1, 0.15) is 50.6 Å². The fraction of sp³-hybridized carbons (Fsp3) is 0.769. The lowest BCUT2D eigenvalue weighted by molar-refractivity contribution is 0.545. The molecule has 0 radical (unpaired) electrons. The predicted octanol–water partition coefficient (Wildman–Crippen LogP) is 2.31. The Kier molecular flexibility index (Phi) is 5.53. The molecule has 3 nitrogen and oxygen atoms in total. The number of hydrogen-bond donors (Lipinski definition) is 1. The third-order valence-corrected chi connectivity index (χ3v) is 3.04. The number of nitrogens with zero attached hydrogens (tertiary/aromatic N) is 2. The van der Waals surface area contributed by atoms with Crippen LogP contribution in [0.2, 0.25) is 0 Å². The molecule has 0 aliphatic rings. The molecule has 0 bridgehead atoms. The maximum absolute atomic E-state index is 5.68. The molecular formula is C13H25N3. The van der Waals surface area contributed by atoms with Crippen LogP contribution in [-0.2, 0) is 25.8 Å². The molecule has 0 spiro atoms. The Bertz CT molecular complexity index is 315. The van der Waals surface area contributed by atoms with Gasteiger partial charge in [-0.15, -0.1) is 0 Å². The Morgan fingerprint density at radius 1 is 1.19 bits per heavy atom. The van der Waals surface area contributed by atoms with Gasteiger partial charge in [0.2, 0.25) is 0 Å². The van der Waals surface area contributed by atoms with Crippen LogP contribution in [0.25, 0.3) is 0 Å². The van der Waals surface area contributed by atoms with Crippen LogP contribution in [0.15, 0.2) is 0 Å². The van der Waals surface area contributed by atoms with Crippen LogP contribution in [0.3, 0.4) is 0 Å². The van der Waals surface area contributed by atoms with E-state index in [0.29, 0.717) is 0 Å². The molecule has 0 aromatic carbocycles. The minimum Gasteiger partial charge on any atom is -0.330 e. The topological polar surface area (TPSA) is 43.8 Å². The Hall–Kier alpha value is -0.830. The summed E-state index contributed by atoms with van der Waals surface area (Å²) in [5.74, 6) is 0. The molecule has 0 amide bonds. The van der Waals surface area contributed by atoms with Gasteiger partial charge in [-0.1, -0.05) is 27.2 Å². The molecule has 0 atom stereocenters. The molecule has 2 N–H and O–H groups in total. The van der Waals surface area contributed by atoms with Gasteiger partial charge < -0.3 is 5.73 Å². The van der Waals surface area contributed by atoms with E-state index in [1.54, 1.807) is 0 Å². The molecule has 16 heavy (non-hydrogen) atoms. The van der Waals surface area contributed by atoms with Crippen molar-refractivity contribution in [2.75, 3.05) is 6.54 Å². The molecule has 1 aromatic rings. The first kappa shape index (κ1) is 13.2. The van der Waals surface area contributed by atoms with E-state index in [1.165, 1.54) is 29.8 Å². The minimum atomic E-state index is 0.722. The summed E-state index contributed by atoms with van der Waals surface area (Å²) in [6.07, 6.45) is 5.47. The van der Waals surface area contributed by atoms with E-state index in [1.807, 2.05) is 0 Å². The Balaban J connectivity index is 2.98. The van der Waals surface area contributed by atoms with Gasteiger partial charge >= 0.3 is 0 Å². The second-order valence-corrected chi connectivity index (χ2v) is 4.19. The summed E-state index contributed by atoms with van der Waals surface area (Å²) >= 11 is 0. The highest BCUT2D eigenvalue weighted by Crippen LogP contribution is 2.17. The summed E-state index contributed by atoms with van der Waals surface area (Å²) in [5, 5.41) is 4.72. The highest BCUT2D eigenvalue weighted by molar-refractivity contribution is 5.27. The van der Waals surface area contributed by atoms with Crippen LogP contribution in [-0.4, -0.2) is 16.3 Å². The summed E-state index contributed by atoms with van der Waals surface area (Å²) in [4.78, 5) is 0. The lowest BCUT2D eigenvalue weighted by atomic mass is 10.1. The molecule has 0 saturated carbocycles. The smallest absolute Gasteiger partial charge is 0.0657 e. The van der Waals surface area contributed by atoms with Gasteiger partial charge in [0, 0.05) is 12.2 Å². The van der Waals surface area contributed by atoms with E-state index < -0.39 is 0 Å². The molecule has 0 unspecified atom stereocenters. The predicted molar refractivity (Wildman–Crippen MR) is 68.6 cm³/mol. The van der Waals surface area contributed by atoms with Crippen LogP contribution in [0.4, 0.5) is 0 Å². The number of nitrogens with two attached hydrogens (primary N) is 1. The normalized spacial score (nSPS) is 11.0.